The number of halogens is 2. The van der Waals surface area contributed by atoms with Gasteiger partial charge in [0.15, 0.2) is 0 Å². The number of hydrazine groups is 1. The smallest absolute Gasteiger partial charge is 0.305 e. The lowest BCUT2D eigenvalue weighted by atomic mass is 9.87. The number of aromatic nitrogens is 1. The van der Waals surface area contributed by atoms with Crippen LogP contribution in [0.15, 0.2) is 41.2 Å². The molecule has 34 heavy (non-hydrogen) atoms. The molecule has 1 aromatic heterocycles. The molecule has 0 radical (unpaired) electrons. The summed E-state index contributed by atoms with van der Waals surface area (Å²) in [6, 6.07) is 13.3. The highest BCUT2D eigenvalue weighted by atomic mass is 35.5. The standard InChI is InChI=1S/C26H35N3O2S.2ClH/c1-3-4-5-6-16-29(21-11-12-22-20(18-21)8-7-9-24(22)31-2)27-15-14-19-10-13-23-25(17-19)32-26(30)28-23;;/h7-10,13,17,21,27H,3-6,11-12,14-16,18H2,1-2H3,(H,28,30);2*1H. The van der Waals surface area contributed by atoms with Crippen LogP contribution in [0.25, 0.3) is 10.2 Å². The third-order valence-electron chi connectivity index (χ3n) is 6.54. The van der Waals surface area contributed by atoms with E-state index in [9.17, 15) is 4.79 Å². The van der Waals surface area contributed by atoms with Crippen molar-refractivity contribution < 1.29 is 4.74 Å². The Hall–Kier alpha value is -1.57. The van der Waals surface area contributed by atoms with Crippen molar-refractivity contribution in [2.24, 2.45) is 0 Å². The number of thiazole rings is 1. The topological polar surface area (TPSA) is 57.4 Å². The fourth-order valence-corrected chi connectivity index (χ4v) is 5.60. The van der Waals surface area contributed by atoms with Gasteiger partial charge >= 0.3 is 4.87 Å². The van der Waals surface area contributed by atoms with E-state index in [0.29, 0.717) is 6.04 Å². The molecule has 5 nitrogen and oxygen atoms in total. The number of H-pyrrole nitrogens is 1. The molecule has 0 saturated heterocycles. The monoisotopic (exact) mass is 525 g/mol. The number of ether oxygens (including phenoxy) is 1. The number of fused-ring (bicyclic) bond motifs is 2. The largest absolute Gasteiger partial charge is 0.496 e. The summed E-state index contributed by atoms with van der Waals surface area (Å²) in [5.74, 6) is 1.03. The molecule has 8 heteroatoms. The Kier molecular flexibility index (Phi) is 11.9. The molecule has 0 fully saturated rings. The van der Waals surface area contributed by atoms with E-state index in [-0.39, 0.29) is 29.7 Å². The molecule has 0 spiro atoms. The van der Waals surface area contributed by atoms with Crippen LogP contribution in [-0.4, -0.2) is 36.2 Å². The summed E-state index contributed by atoms with van der Waals surface area (Å²) >= 11 is 1.29. The Bertz CT molecular complexity index is 1090. The number of unbranched alkanes of at least 4 members (excludes halogenated alkanes) is 3. The van der Waals surface area contributed by atoms with Gasteiger partial charge in [0.1, 0.15) is 5.75 Å². The van der Waals surface area contributed by atoms with Crippen LogP contribution in [0.4, 0.5) is 0 Å². The van der Waals surface area contributed by atoms with Gasteiger partial charge in [0.05, 0.1) is 17.3 Å². The number of aromatic amines is 1. The minimum atomic E-state index is 0. The molecule has 4 rings (SSSR count). The molecule has 1 aliphatic carbocycles. The van der Waals surface area contributed by atoms with Gasteiger partial charge in [0.25, 0.3) is 0 Å². The molecule has 0 amide bonds. The van der Waals surface area contributed by atoms with Crippen molar-refractivity contribution >= 4 is 46.4 Å². The van der Waals surface area contributed by atoms with Gasteiger partial charge in [-0.1, -0.05) is 55.7 Å². The van der Waals surface area contributed by atoms with E-state index >= 15 is 0 Å². The Balaban J connectivity index is 0.00000204. The molecule has 1 heterocycles. The maximum absolute atomic E-state index is 11.6. The summed E-state index contributed by atoms with van der Waals surface area (Å²) in [4.78, 5) is 14.5. The minimum absolute atomic E-state index is 0. The van der Waals surface area contributed by atoms with Crippen LogP contribution in [-0.2, 0) is 19.3 Å². The summed E-state index contributed by atoms with van der Waals surface area (Å²) in [7, 11) is 1.77. The van der Waals surface area contributed by atoms with Crippen LogP contribution in [0.3, 0.4) is 0 Å². The number of benzene rings is 2. The van der Waals surface area contributed by atoms with E-state index < -0.39 is 0 Å². The van der Waals surface area contributed by atoms with Crippen molar-refractivity contribution in [2.75, 3.05) is 20.2 Å². The zero-order valence-corrected chi connectivity index (χ0v) is 22.6. The summed E-state index contributed by atoms with van der Waals surface area (Å²) < 4.78 is 6.64. The Labute approximate surface area is 219 Å². The number of hydrogen-bond acceptors (Lipinski definition) is 5. The summed E-state index contributed by atoms with van der Waals surface area (Å²) in [6.45, 7) is 4.25. The zero-order valence-electron chi connectivity index (χ0n) is 20.1. The lowest BCUT2D eigenvalue weighted by Crippen LogP contribution is -2.49. The highest BCUT2D eigenvalue weighted by molar-refractivity contribution is 7.16. The van der Waals surface area contributed by atoms with Gasteiger partial charge in [-0.2, -0.15) is 0 Å². The number of rotatable bonds is 11. The fraction of sp³-hybridized carbons (Fsp3) is 0.500. The third-order valence-corrected chi connectivity index (χ3v) is 7.39. The first-order valence-electron chi connectivity index (χ1n) is 11.9. The summed E-state index contributed by atoms with van der Waals surface area (Å²) in [5.41, 5.74) is 8.78. The van der Waals surface area contributed by atoms with E-state index in [1.807, 2.05) is 6.07 Å². The molecule has 0 bridgehead atoms. The Morgan fingerprint density at radius 2 is 2.03 bits per heavy atom. The molecular weight excluding hydrogens is 489 g/mol. The van der Waals surface area contributed by atoms with Gasteiger partial charge < -0.3 is 9.72 Å². The lowest BCUT2D eigenvalue weighted by Gasteiger charge is -2.36. The van der Waals surface area contributed by atoms with Gasteiger partial charge in [-0.3, -0.25) is 10.2 Å². The van der Waals surface area contributed by atoms with Crippen molar-refractivity contribution in [3.63, 3.8) is 0 Å². The van der Waals surface area contributed by atoms with Gasteiger partial charge in [-0.15, -0.1) is 24.8 Å². The van der Waals surface area contributed by atoms with Crippen LogP contribution < -0.4 is 15.0 Å². The van der Waals surface area contributed by atoms with Gasteiger partial charge in [-0.05, 0) is 67.0 Å². The predicted molar refractivity (Wildman–Crippen MR) is 148 cm³/mol. The van der Waals surface area contributed by atoms with Gasteiger partial charge in [-0.25, -0.2) is 5.01 Å². The van der Waals surface area contributed by atoms with Crippen molar-refractivity contribution in [2.45, 2.75) is 64.3 Å². The van der Waals surface area contributed by atoms with Crippen molar-refractivity contribution in [1.29, 1.82) is 0 Å². The van der Waals surface area contributed by atoms with Crippen molar-refractivity contribution in [3.05, 3.63) is 62.8 Å². The zero-order chi connectivity index (χ0) is 22.3. The molecule has 2 aromatic carbocycles. The van der Waals surface area contributed by atoms with Crippen LogP contribution in [0.2, 0.25) is 0 Å². The molecule has 0 saturated carbocycles. The Morgan fingerprint density at radius 1 is 1.18 bits per heavy atom. The van der Waals surface area contributed by atoms with Crippen LogP contribution in [0.5, 0.6) is 5.75 Å². The number of hydrogen-bond donors (Lipinski definition) is 2. The molecule has 188 valence electrons. The number of nitrogens with one attached hydrogen (secondary N) is 2. The molecule has 0 aliphatic heterocycles. The SMILES string of the molecule is CCCCCCN(NCCc1ccc2[nH]c(=O)sc2c1)C1CCc2c(cccc2OC)C1.Cl.Cl. The number of methoxy groups -OCH3 is 1. The van der Waals surface area contributed by atoms with E-state index in [0.717, 1.165) is 54.7 Å². The average Bonchev–Trinajstić information content (AvgIpc) is 3.19. The first-order valence-corrected chi connectivity index (χ1v) is 12.8. The highest BCUT2D eigenvalue weighted by Crippen LogP contribution is 2.31. The number of nitrogens with zero attached hydrogens (tertiary/aromatic N) is 1. The lowest BCUT2D eigenvalue weighted by molar-refractivity contribution is 0.109. The molecule has 1 aliphatic rings. The molecule has 2 N–H and O–H groups in total. The molecule has 1 atom stereocenters. The van der Waals surface area contributed by atoms with E-state index in [4.69, 9.17) is 4.74 Å². The minimum Gasteiger partial charge on any atom is -0.496 e. The molecule has 1 unspecified atom stereocenters. The second kappa shape index (κ2) is 14.1. The van der Waals surface area contributed by atoms with Crippen LogP contribution in [0.1, 0.15) is 55.7 Å². The summed E-state index contributed by atoms with van der Waals surface area (Å²) in [5, 5.41) is 2.51. The van der Waals surface area contributed by atoms with Gasteiger partial charge in [0, 0.05) is 19.1 Å². The fourth-order valence-electron chi connectivity index (χ4n) is 4.80. The Morgan fingerprint density at radius 3 is 2.82 bits per heavy atom. The third kappa shape index (κ3) is 7.22. The van der Waals surface area contributed by atoms with E-state index in [1.165, 1.54) is 53.7 Å². The maximum atomic E-state index is 11.6. The van der Waals surface area contributed by atoms with Crippen LogP contribution in [0, 0.1) is 0 Å². The highest BCUT2D eigenvalue weighted by Gasteiger charge is 2.25. The average molecular weight is 527 g/mol. The summed E-state index contributed by atoms with van der Waals surface area (Å²) in [6.07, 6.45) is 9.31. The van der Waals surface area contributed by atoms with Crippen molar-refractivity contribution in [3.8, 4) is 5.75 Å². The first kappa shape index (κ1) is 28.7. The molecular formula is C26H37Cl2N3O2S. The van der Waals surface area contributed by atoms with E-state index in [1.54, 1.807) is 7.11 Å². The second-order valence-electron chi connectivity index (χ2n) is 8.75. The van der Waals surface area contributed by atoms with Crippen molar-refractivity contribution in [1.82, 2.24) is 15.4 Å². The molecule has 3 aromatic rings. The van der Waals surface area contributed by atoms with E-state index in [2.05, 4.69) is 52.7 Å². The first-order chi connectivity index (χ1) is 15.7. The van der Waals surface area contributed by atoms with Gasteiger partial charge in [0.2, 0.25) is 0 Å². The van der Waals surface area contributed by atoms with Crippen LogP contribution >= 0.6 is 36.2 Å². The predicted octanol–water partition coefficient (Wildman–Crippen LogP) is 5.93. The quantitative estimate of drug-likeness (QED) is 0.240. The maximum Gasteiger partial charge on any atom is 0.305 e. The second-order valence-corrected chi connectivity index (χ2v) is 9.77. The normalized spacial score (nSPS) is 15.0.